The van der Waals surface area contributed by atoms with Gasteiger partial charge in [0.2, 0.25) is 23.6 Å². The zero-order chi connectivity index (χ0) is 75.4. The molecule has 6 fully saturated rings. The molecular formula is C74H93Cl3N12O14S2. The zero-order valence-electron chi connectivity index (χ0n) is 61.1. The van der Waals surface area contributed by atoms with E-state index in [1.165, 1.54) is 66.3 Å². The van der Waals surface area contributed by atoms with Gasteiger partial charge in [-0.1, -0.05) is 76.9 Å². The molecule has 4 aliphatic carbocycles. The van der Waals surface area contributed by atoms with E-state index in [-0.39, 0.29) is 73.9 Å². The minimum absolute atomic E-state index is 0. The number of esters is 1. The van der Waals surface area contributed by atoms with Crippen molar-refractivity contribution in [1.82, 2.24) is 45.7 Å². The van der Waals surface area contributed by atoms with Crippen molar-refractivity contribution in [2.75, 3.05) is 45.1 Å². The smallest absolute Gasteiger partial charge is 0.408 e. The van der Waals surface area contributed by atoms with E-state index in [1.54, 1.807) is 42.5 Å². The second-order valence-corrected chi connectivity index (χ2v) is 32.9. The molecular weight excluding hydrogens is 1450 g/mol. The first-order valence-electron chi connectivity index (χ1n) is 34.8. The third kappa shape index (κ3) is 16.8. The number of benzene rings is 2. The maximum atomic E-state index is 14.7. The summed E-state index contributed by atoms with van der Waals surface area (Å²) in [5.41, 5.74) is 5.40. The van der Waals surface area contributed by atoms with Gasteiger partial charge in [-0.3, -0.25) is 19.2 Å². The highest BCUT2D eigenvalue weighted by Gasteiger charge is 2.63. The number of nitrogens with one attached hydrogen (secondary N) is 5. The number of carbonyl (C=O) groups is 7. The first-order chi connectivity index (χ1) is 49.1. The minimum atomic E-state index is -1.53. The normalized spacial score (nSPS) is 24.8. The molecule has 5 amide bonds. The van der Waals surface area contributed by atoms with Gasteiger partial charge in [0.1, 0.15) is 91.9 Å². The molecule has 0 spiro atoms. The minimum Gasteiger partial charge on any atom is -0.495 e. The van der Waals surface area contributed by atoms with Crippen LogP contribution in [0.1, 0.15) is 114 Å². The SMILES string of the molecule is C=C[C@@H]1C[C@]1(NC(=O)[C@@H]1C[C@@H](Oc2cc(-c3csc(NC(C)C)n3)nc3c(Cl)c(OC)ccc23)CN1C(=O)[C@@H](N)C(C)(C)C)C(=O)OC.C=C[C@@H]1C[C@]1(NC(=O)[C@@H]1C[C@@H](Oc2cc(-c3csc(NC(C)C)n3)nc3c(Cl)c(OC)ccc23)CN1C(=O)[C@@H](NC(=O)OC1C[C@@H]2C[C@@H]2C1)C(C)(C)C)C(=O)O.Cl. The van der Waals surface area contributed by atoms with Crippen LogP contribution in [0, 0.1) is 34.5 Å². The molecule has 31 heteroatoms. The van der Waals surface area contributed by atoms with Crippen molar-refractivity contribution < 1.29 is 67.1 Å². The van der Waals surface area contributed by atoms with E-state index in [9.17, 15) is 38.7 Å². The van der Waals surface area contributed by atoms with Crippen LogP contribution in [0.25, 0.3) is 44.6 Å². The first kappa shape index (κ1) is 79.3. The first-order valence-corrected chi connectivity index (χ1v) is 37.3. The van der Waals surface area contributed by atoms with Gasteiger partial charge in [0.05, 0.1) is 62.9 Å². The van der Waals surface area contributed by atoms with E-state index in [0.29, 0.717) is 96.0 Å². The number of aliphatic carboxylic acids is 1. The van der Waals surface area contributed by atoms with Crippen molar-refractivity contribution in [3.8, 4) is 45.8 Å². The summed E-state index contributed by atoms with van der Waals surface area (Å²) in [6, 6.07) is 6.86. The summed E-state index contributed by atoms with van der Waals surface area (Å²) in [6.45, 7) is 26.7. The maximum absolute atomic E-state index is 14.7. The fraction of sp³-hybridized carbons (Fsp3) is 0.527. The molecule has 2 aromatic carbocycles. The molecule has 4 aromatic heterocycles. The monoisotopic (exact) mass is 1540 g/mol. The fourth-order valence-electron chi connectivity index (χ4n) is 13.9. The number of ether oxygens (including phenoxy) is 6. The van der Waals surface area contributed by atoms with Crippen molar-refractivity contribution >= 4 is 132 Å². The number of hydrogen-bond donors (Lipinski definition) is 7. The number of hydrogen-bond acceptors (Lipinski definition) is 22. The van der Waals surface area contributed by atoms with E-state index in [0.717, 1.165) is 18.0 Å². The predicted octanol–water partition coefficient (Wildman–Crippen LogP) is 11.5. The van der Waals surface area contributed by atoms with Crippen molar-refractivity contribution in [2.45, 2.75) is 180 Å². The Labute approximate surface area is 634 Å². The molecule has 566 valence electrons. The van der Waals surface area contributed by atoms with Crippen LogP contribution < -0.4 is 51.3 Å². The Morgan fingerprint density at radius 2 is 1.08 bits per heavy atom. The maximum Gasteiger partial charge on any atom is 0.408 e. The molecule has 6 heterocycles. The van der Waals surface area contributed by atoms with Gasteiger partial charge in [-0.2, -0.15) is 0 Å². The van der Waals surface area contributed by atoms with Gasteiger partial charge in [-0.25, -0.2) is 34.3 Å². The molecule has 13 atom stereocenters. The number of halogens is 3. The molecule has 2 saturated heterocycles. The number of nitrogens with two attached hydrogens (primary N) is 1. The Hall–Kier alpha value is -8.28. The number of carboxylic acid groups (broad SMARTS) is 1. The lowest BCUT2D eigenvalue weighted by molar-refractivity contribution is -0.148. The number of methoxy groups -OCH3 is 3. The summed E-state index contributed by atoms with van der Waals surface area (Å²) in [4.78, 5) is 117. The van der Waals surface area contributed by atoms with Crippen LogP contribution in [0.4, 0.5) is 15.1 Å². The molecule has 105 heavy (non-hydrogen) atoms. The zero-order valence-corrected chi connectivity index (χ0v) is 65.0. The van der Waals surface area contributed by atoms with Crippen molar-refractivity contribution in [3.05, 3.63) is 82.5 Å². The van der Waals surface area contributed by atoms with Crippen molar-refractivity contribution in [2.24, 2.45) is 40.2 Å². The number of alkyl carbamates (subject to hydrolysis) is 1. The molecule has 6 aromatic rings. The van der Waals surface area contributed by atoms with E-state index in [2.05, 4.69) is 39.7 Å². The van der Waals surface area contributed by atoms with Gasteiger partial charge in [0.15, 0.2) is 10.3 Å². The number of nitrogens with zero attached hydrogens (tertiary/aromatic N) is 6. The molecule has 0 bridgehead atoms. The average molecular weight is 1550 g/mol. The topological polar surface area (TPSA) is 339 Å². The summed E-state index contributed by atoms with van der Waals surface area (Å²) in [5, 5.41) is 32.1. The lowest BCUT2D eigenvalue weighted by Gasteiger charge is -2.35. The molecule has 26 nitrogen and oxygen atoms in total. The second-order valence-electron chi connectivity index (χ2n) is 30.5. The number of carboxylic acids is 1. The summed E-state index contributed by atoms with van der Waals surface area (Å²) in [7, 11) is 4.31. The van der Waals surface area contributed by atoms with Crippen LogP contribution in [-0.2, 0) is 38.2 Å². The number of amides is 5. The fourth-order valence-corrected chi connectivity index (χ4v) is 16.2. The highest BCUT2D eigenvalue weighted by molar-refractivity contribution is 7.14. The Morgan fingerprint density at radius 3 is 1.48 bits per heavy atom. The molecule has 8 N–H and O–H groups in total. The molecule has 2 aliphatic heterocycles. The average Bonchev–Trinajstić information content (AvgIpc) is 1.65. The van der Waals surface area contributed by atoms with Crippen LogP contribution in [0.3, 0.4) is 0 Å². The lowest BCUT2D eigenvalue weighted by Crippen LogP contribution is -2.59. The Balaban J connectivity index is 0.000000226. The number of carbonyl (C=O) groups excluding carboxylic acids is 6. The highest BCUT2D eigenvalue weighted by atomic mass is 35.5. The lowest BCUT2D eigenvalue weighted by atomic mass is 9.85. The van der Waals surface area contributed by atoms with E-state index in [1.807, 2.05) is 80.0 Å². The molecule has 12 rings (SSSR count). The number of aromatic nitrogens is 4. The largest absolute Gasteiger partial charge is 0.495 e. The van der Waals surface area contributed by atoms with Crippen LogP contribution in [0.2, 0.25) is 10.0 Å². The van der Waals surface area contributed by atoms with Gasteiger partial charge in [-0.15, -0.1) is 48.2 Å². The van der Waals surface area contributed by atoms with Gasteiger partial charge >= 0.3 is 18.0 Å². The molecule has 1 unspecified atom stereocenters. The van der Waals surface area contributed by atoms with Crippen molar-refractivity contribution in [3.63, 3.8) is 0 Å². The van der Waals surface area contributed by atoms with E-state index >= 15 is 0 Å². The van der Waals surface area contributed by atoms with Crippen LogP contribution in [-0.4, -0.2) is 177 Å². The van der Waals surface area contributed by atoms with Crippen LogP contribution in [0.5, 0.6) is 23.0 Å². The van der Waals surface area contributed by atoms with Gasteiger partial charge in [0, 0.05) is 70.4 Å². The summed E-state index contributed by atoms with van der Waals surface area (Å²) in [5.74, 6) is -1.64. The van der Waals surface area contributed by atoms with Gasteiger partial charge in [0.25, 0.3) is 0 Å². The van der Waals surface area contributed by atoms with Crippen molar-refractivity contribution in [1.29, 1.82) is 0 Å². The van der Waals surface area contributed by atoms with Gasteiger partial charge < -0.3 is 75.6 Å². The predicted molar refractivity (Wildman–Crippen MR) is 406 cm³/mol. The third-order valence-electron chi connectivity index (χ3n) is 20.0. The quantitative estimate of drug-likeness (QED) is 0.0219. The van der Waals surface area contributed by atoms with Gasteiger partial charge in [-0.05, 0) is 107 Å². The van der Waals surface area contributed by atoms with Crippen LogP contribution in [0.15, 0.2) is 72.5 Å². The number of rotatable bonds is 24. The van der Waals surface area contributed by atoms with E-state index < -0.39 is 106 Å². The third-order valence-corrected chi connectivity index (χ3v) is 22.3. The number of pyridine rings is 2. The number of fused-ring (bicyclic) bond motifs is 3. The Kier molecular flexibility index (Phi) is 23.6. The molecule has 0 radical (unpaired) electrons. The standard InChI is InChI=1S/C40H49ClN6O8S.C34H43ClN6O6S.ClH/c1-8-22-16-40(22,36(50)51)46-34(48)28-14-24(17-47(28)35(49)33(39(4,5)6)45-38(52)55-23-12-20-11-21(20)13-23)54-30-15-26(27-18-56-37(44-27)42-19(2)3)43-32-25(30)9-10-29(53-7)31(32)41;1-9-18-14-34(18,31(44)46-8)40-29(42)23-12-19(15-41(23)30(43)28(36)33(4,5)6)47-25-13-21(22-16-48-32(39-22)37-17(2)3)38-27-20(25)10-11-24(45-7)26(27)35;/h8-10,15,18-24,28,33H,1,11-14,16-17H2,2-7H3,(H,42,44)(H,45,52)(H,46,48)(H,50,51);9-11,13,16-19,23,28H,1,12,14-15,36H2,2-8H3,(H,37,39)(H,40,42);1H/t20-,21+,22-,23?,24-,28+,33-,40-;18-,19-,23+,28-,34-;/m11./s1. The Bertz CT molecular complexity index is 4340. The van der Waals surface area contributed by atoms with Crippen LogP contribution >= 0.6 is 58.3 Å². The number of likely N-dealkylation sites (tertiary alicyclic amines) is 2. The number of anilines is 2. The Morgan fingerprint density at radius 1 is 0.629 bits per heavy atom. The van der Waals surface area contributed by atoms with E-state index in [4.69, 9.17) is 77.3 Å². The molecule has 6 aliphatic rings. The molecule has 4 saturated carbocycles. The second kappa shape index (κ2) is 31.3. The summed E-state index contributed by atoms with van der Waals surface area (Å²) in [6.07, 6.45) is 4.40. The number of thiazole rings is 2. The summed E-state index contributed by atoms with van der Waals surface area (Å²) >= 11 is 16.5. The highest BCUT2D eigenvalue weighted by Crippen LogP contribution is 2.53. The summed E-state index contributed by atoms with van der Waals surface area (Å²) < 4.78 is 35.0.